The summed E-state index contributed by atoms with van der Waals surface area (Å²) in [6.07, 6.45) is -0.0228. The Bertz CT molecular complexity index is 1370. The van der Waals surface area contributed by atoms with Crippen molar-refractivity contribution in [3.8, 4) is 0 Å². The number of carbonyl (C=O) groups excluding carboxylic acids is 1. The van der Waals surface area contributed by atoms with Crippen LogP contribution in [-0.2, 0) is 24.8 Å². The van der Waals surface area contributed by atoms with Gasteiger partial charge in [0.2, 0.25) is 0 Å². The summed E-state index contributed by atoms with van der Waals surface area (Å²) in [5.41, 5.74) is 2.41. The van der Waals surface area contributed by atoms with E-state index >= 15 is 0 Å². The summed E-state index contributed by atoms with van der Waals surface area (Å²) < 4.78 is 31.1. The van der Waals surface area contributed by atoms with Crippen molar-refractivity contribution in [3.05, 3.63) is 75.2 Å². The van der Waals surface area contributed by atoms with E-state index in [1.54, 1.807) is 43.8 Å². The molecular weight excluding hydrogens is 388 g/mol. The number of halogens is 2. The van der Waals surface area contributed by atoms with Gasteiger partial charge in [-0.3, -0.25) is 14.3 Å². The number of fused-ring (bicyclic) bond motifs is 3. The molecule has 0 aliphatic heterocycles. The van der Waals surface area contributed by atoms with Crippen LogP contribution in [0.15, 0.2) is 41.2 Å². The van der Waals surface area contributed by atoms with Crippen molar-refractivity contribution in [2.45, 2.75) is 33.2 Å². The second kappa shape index (κ2) is 7.48. The van der Waals surface area contributed by atoms with Crippen LogP contribution in [0.3, 0.4) is 0 Å². The van der Waals surface area contributed by atoms with Crippen molar-refractivity contribution >= 4 is 27.6 Å². The van der Waals surface area contributed by atoms with Crippen LogP contribution < -0.4 is 5.56 Å². The molecule has 0 spiro atoms. The third kappa shape index (κ3) is 3.40. The largest absolute Gasteiger partial charge is 0.307 e. The quantitative estimate of drug-likeness (QED) is 0.501. The molecule has 0 fully saturated rings. The lowest BCUT2D eigenvalue weighted by atomic mass is 10.0. The number of Topliss-reactive ketones (excluding diaryl/α,β-unsaturated/α-hetero) is 1. The van der Waals surface area contributed by atoms with Gasteiger partial charge in [0.1, 0.15) is 17.4 Å². The molecule has 0 aliphatic carbocycles. The number of hydrogen-bond donors (Lipinski definition) is 0. The number of rotatable bonds is 5. The van der Waals surface area contributed by atoms with Crippen LogP contribution in [0, 0.1) is 25.5 Å². The molecule has 0 atom stereocenters. The second-order valence-electron chi connectivity index (χ2n) is 7.61. The van der Waals surface area contributed by atoms with Gasteiger partial charge in [-0.25, -0.2) is 8.78 Å². The van der Waals surface area contributed by atoms with E-state index in [1.807, 2.05) is 0 Å². The summed E-state index contributed by atoms with van der Waals surface area (Å²) in [7, 11) is 1.74. The molecule has 0 radical (unpaired) electrons. The van der Waals surface area contributed by atoms with Gasteiger partial charge >= 0.3 is 0 Å². The van der Waals surface area contributed by atoms with Crippen molar-refractivity contribution < 1.29 is 13.6 Å². The number of nitrogens with zero attached hydrogens (tertiary/aromatic N) is 3. The molecule has 0 aliphatic rings. The van der Waals surface area contributed by atoms with Gasteiger partial charge in [0, 0.05) is 31.8 Å². The zero-order valence-electron chi connectivity index (χ0n) is 17.0. The molecule has 5 nitrogen and oxygen atoms in total. The Hall–Kier alpha value is -3.35. The van der Waals surface area contributed by atoms with Gasteiger partial charge in [-0.15, -0.1) is 0 Å². The average Bonchev–Trinajstić information content (AvgIpc) is 2.98. The zero-order chi connectivity index (χ0) is 21.6. The van der Waals surface area contributed by atoms with E-state index in [1.165, 1.54) is 22.8 Å². The molecule has 4 aromatic rings. The summed E-state index contributed by atoms with van der Waals surface area (Å²) in [4.78, 5) is 25.7. The molecule has 0 saturated carbocycles. The van der Waals surface area contributed by atoms with Crippen LogP contribution >= 0.6 is 0 Å². The number of aromatic nitrogens is 3. The van der Waals surface area contributed by atoms with Crippen molar-refractivity contribution in [2.75, 3.05) is 0 Å². The number of ketones is 1. The van der Waals surface area contributed by atoms with Crippen LogP contribution in [-0.4, -0.2) is 20.1 Å². The lowest BCUT2D eigenvalue weighted by molar-refractivity contribution is -0.118. The van der Waals surface area contributed by atoms with E-state index in [-0.39, 0.29) is 30.7 Å². The first-order chi connectivity index (χ1) is 14.3. The molecule has 154 valence electrons. The lowest BCUT2D eigenvalue weighted by Crippen LogP contribution is -2.23. The van der Waals surface area contributed by atoms with Gasteiger partial charge in [-0.05, 0) is 49.2 Å². The highest BCUT2D eigenvalue weighted by Crippen LogP contribution is 2.25. The summed E-state index contributed by atoms with van der Waals surface area (Å²) in [6.45, 7) is 3.60. The highest BCUT2D eigenvalue weighted by molar-refractivity contribution is 6.04. The van der Waals surface area contributed by atoms with Crippen LogP contribution in [0.1, 0.15) is 23.2 Å². The minimum absolute atomic E-state index is 0.0314. The summed E-state index contributed by atoms with van der Waals surface area (Å²) in [5, 5.41) is 5.47. The smallest absolute Gasteiger partial charge is 0.262 e. The highest BCUT2D eigenvalue weighted by atomic mass is 19.1. The molecule has 7 heteroatoms. The minimum Gasteiger partial charge on any atom is -0.307 e. The summed E-state index contributed by atoms with van der Waals surface area (Å²) in [6, 6.07) is 9.00. The van der Waals surface area contributed by atoms with Crippen molar-refractivity contribution in [1.29, 1.82) is 0 Å². The van der Waals surface area contributed by atoms with E-state index in [2.05, 4.69) is 5.10 Å². The molecule has 0 bridgehead atoms. The number of carbonyl (C=O) groups is 1. The monoisotopic (exact) mass is 409 g/mol. The van der Waals surface area contributed by atoms with Crippen LogP contribution in [0.25, 0.3) is 21.8 Å². The maximum absolute atomic E-state index is 14.1. The number of hydrogen-bond acceptors (Lipinski definition) is 3. The SMILES string of the molecule is Cc1ccc(CC(=O)CCn2c(=O)c3c(C)nn(C)c3c3ccc(F)cc32)c(F)c1. The maximum Gasteiger partial charge on any atom is 0.262 e. The first-order valence-corrected chi connectivity index (χ1v) is 9.68. The van der Waals surface area contributed by atoms with Gasteiger partial charge in [-0.2, -0.15) is 5.10 Å². The fraction of sp³-hybridized carbons (Fsp3) is 0.261. The topological polar surface area (TPSA) is 56.9 Å². The normalized spacial score (nSPS) is 11.5. The number of pyridine rings is 1. The predicted octanol–water partition coefficient (Wildman–Crippen LogP) is 3.99. The predicted molar refractivity (Wildman–Crippen MR) is 112 cm³/mol. The Kier molecular flexibility index (Phi) is 4.97. The molecule has 2 heterocycles. The zero-order valence-corrected chi connectivity index (χ0v) is 17.0. The van der Waals surface area contributed by atoms with E-state index in [0.717, 1.165) is 5.56 Å². The first kappa shape index (κ1) is 19.9. The van der Waals surface area contributed by atoms with Gasteiger partial charge < -0.3 is 4.57 Å². The Balaban J connectivity index is 1.72. The molecule has 2 aromatic carbocycles. The fourth-order valence-corrected chi connectivity index (χ4v) is 3.95. The number of aryl methyl sites for hydroxylation is 4. The van der Waals surface area contributed by atoms with E-state index in [0.29, 0.717) is 33.1 Å². The van der Waals surface area contributed by atoms with Crippen LogP contribution in [0.2, 0.25) is 0 Å². The second-order valence-corrected chi connectivity index (χ2v) is 7.61. The Morgan fingerprint density at radius 3 is 2.60 bits per heavy atom. The summed E-state index contributed by atoms with van der Waals surface area (Å²) in [5.74, 6) is -1.08. The van der Waals surface area contributed by atoms with E-state index < -0.39 is 11.6 Å². The molecule has 4 rings (SSSR count). The Morgan fingerprint density at radius 1 is 1.10 bits per heavy atom. The van der Waals surface area contributed by atoms with E-state index in [4.69, 9.17) is 0 Å². The highest BCUT2D eigenvalue weighted by Gasteiger charge is 2.18. The molecule has 0 unspecified atom stereocenters. The molecule has 30 heavy (non-hydrogen) atoms. The van der Waals surface area contributed by atoms with Gasteiger partial charge in [0.25, 0.3) is 5.56 Å². The van der Waals surface area contributed by atoms with Crippen molar-refractivity contribution in [3.63, 3.8) is 0 Å². The Morgan fingerprint density at radius 2 is 1.87 bits per heavy atom. The molecular formula is C23H21F2N3O2. The standard InChI is InChI=1S/C23H21F2N3O2/c1-13-4-5-15(19(25)10-13)11-17(29)8-9-28-20-12-16(24)6-7-18(20)22-21(23(28)30)14(2)26-27(22)3/h4-7,10,12H,8-9,11H2,1-3H3. The fourth-order valence-electron chi connectivity index (χ4n) is 3.95. The molecule has 2 aromatic heterocycles. The third-order valence-corrected chi connectivity index (χ3v) is 5.40. The van der Waals surface area contributed by atoms with Crippen molar-refractivity contribution in [2.24, 2.45) is 7.05 Å². The Labute approximate surface area is 171 Å². The number of benzene rings is 2. The van der Waals surface area contributed by atoms with Crippen molar-refractivity contribution in [1.82, 2.24) is 14.3 Å². The maximum atomic E-state index is 14.1. The molecule has 0 N–H and O–H groups in total. The molecule has 0 saturated heterocycles. The van der Waals surface area contributed by atoms with Crippen LogP contribution in [0.4, 0.5) is 8.78 Å². The lowest BCUT2D eigenvalue weighted by Gasteiger charge is -2.12. The van der Waals surface area contributed by atoms with Gasteiger partial charge in [0.05, 0.1) is 22.1 Å². The van der Waals surface area contributed by atoms with Crippen LogP contribution in [0.5, 0.6) is 0 Å². The van der Waals surface area contributed by atoms with Gasteiger partial charge in [0.15, 0.2) is 0 Å². The van der Waals surface area contributed by atoms with E-state index in [9.17, 15) is 18.4 Å². The average molecular weight is 409 g/mol. The van der Waals surface area contributed by atoms with Gasteiger partial charge in [-0.1, -0.05) is 12.1 Å². The third-order valence-electron chi connectivity index (χ3n) is 5.40. The first-order valence-electron chi connectivity index (χ1n) is 9.68. The molecule has 0 amide bonds. The summed E-state index contributed by atoms with van der Waals surface area (Å²) >= 11 is 0. The minimum atomic E-state index is -0.470.